The van der Waals surface area contributed by atoms with E-state index in [1.807, 2.05) is 0 Å². The van der Waals surface area contributed by atoms with Gasteiger partial charge in [0, 0.05) is 24.7 Å². The summed E-state index contributed by atoms with van der Waals surface area (Å²) in [6.07, 6.45) is 3.45. The number of methoxy groups -OCH3 is 1. The summed E-state index contributed by atoms with van der Waals surface area (Å²) in [7, 11) is 1.72. The molecule has 146 valence electrons. The van der Waals surface area contributed by atoms with Crippen molar-refractivity contribution in [1.82, 2.24) is 10.2 Å². The quantitative estimate of drug-likeness (QED) is 0.689. The third-order valence-corrected chi connectivity index (χ3v) is 6.24. The topological polar surface area (TPSA) is 24.5 Å². The molecule has 3 aromatic carbocycles. The predicted octanol–water partition coefficient (Wildman–Crippen LogP) is 4.98. The Morgan fingerprint density at radius 1 is 0.897 bits per heavy atom. The van der Waals surface area contributed by atoms with Gasteiger partial charge in [0.1, 0.15) is 11.4 Å². The van der Waals surface area contributed by atoms with Crippen molar-refractivity contribution in [3.8, 4) is 5.75 Å². The number of allylic oxidation sites excluding steroid dienone is 1. The first-order valence-corrected chi connectivity index (χ1v) is 10.3. The summed E-state index contributed by atoms with van der Waals surface area (Å²) in [5.74, 6) is 1.22. The van der Waals surface area contributed by atoms with E-state index in [1.54, 1.807) is 7.11 Å². The fourth-order valence-electron chi connectivity index (χ4n) is 4.84. The van der Waals surface area contributed by atoms with Gasteiger partial charge in [0.05, 0.1) is 7.11 Å². The van der Waals surface area contributed by atoms with Gasteiger partial charge in [-0.2, -0.15) is 0 Å². The Labute approximate surface area is 172 Å². The summed E-state index contributed by atoms with van der Waals surface area (Å²) in [6, 6.07) is 30.2. The van der Waals surface area contributed by atoms with Crippen LogP contribution in [-0.4, -0.2) is 25.1 Å². The lowest BCUT2D eigenvalue weighted by Gasteiger charge is -2.47. The molecule has 3 nitrogen and oxygen atoms in total. The van der Waals surface area contributed by atoms with E-state index in [1.165, 1.54) is 22.4 Å². The van der Waals surface area contributed by atoms with Crippen molar-refractivity contribution in [1.29, 1.82) is 0 Å². The molecule has 0 aliphatic carbocycles. The van der Waals surface area contributed by atoms with Gasteiger partial charge in [0.15, 0.2) is 0 Å². The first-order chi connectivity index (χ1) is 14.3. The van der Waals surface area contributed by atoms with Crippen LogP contribution in [0, 0.1) is 0 Å². The molecule has 0 amide bonds. The Morgan fingerprint density at radius 3 is 2.28 bits per heavy atom. The fraction of sp³-hybridized carbons (Fsp3) is 0.231. The minimum Gasteiger partial charge on any atom is -0.497 e. The Balaban J connectivity index is 1.65. The van der Waals surface area contributed by atoms with Gasteiger partial charge in [-0.05, 0) is 35.2 Å². The zero-order chi connectivity index (χ0) is 19.7. The summed E-state index contributed by atoms with van der Waals surface area (Å²) in [5, 5.41) is 3.87. The van der Waals surface area contributed by atoms with Crippen molar-refractivity contribution in [2.24, 2.45) is 0 Å². The van der Waals surface area contributed by atoms with Crippen LogP contribution in [0.3, 0.4) is 0 Å². The predicted molar refractivity (Wildman–Crippen MR) is 118 cm³/mol. The molecule has 2 aliphatic rings. The van der Waals surface area contributed by atoms with E-state index in [2.05, 4.69) is 101 Å². The highest BCUT2D eigenvalue weighted by Crippen LogP contribution is 2.48. The van der Waals surface area contributed by atoms with E-state index in [9.17, 15) is 0 Å². The van der Waals surface area contributed by atoms with Crippen molar-refractivity contribution in [2.45, 2.75) is 18.0 Å². The molecule has 3 heteroatoms. The monoisotopic (exact) mass is 382 g/mol. The van der Waals surface area contributed by atoms with E-state index in [0.717, 1.165) is 25.3 Å². The van der Waals surface area contributed by atoms with Crippen molar-refractivity contribution in [2.75, 3.05) is 20.2 Å². The fourth-order valence-corrected chi connectivity index (χ4v) is 4.84. The maximum absolute atomic E-state index is 5.37. The number of fused-ring (bicyclic) bond motifs is 1. The number of hydrogen-bond donors (Lipinski definition) is 1. The molecule has 2 unspecified atom stereocenters. The highest BCUT2D eigenvalue weighted by atomic mass is 16.5. The average Bonchev–Trinajstić information content (AvgIpc) is 3.25. The van der Waals surface area contributed by atoms with Crippen LogP contribution in [0.1, 0.15) is 29.0 Å². The van der Waals surface area contributed by atoms with Gasteiger partial charge in [-0.3, -0.25) is 5.32 Å². The number of hydrogen-bond acceptors (Lipinski definition) is 3. The number of rotatable bonds is 4. The maximum Gasteiger partial charge on any atom is 0.118 e. The van der Waals surface area contributed by atoms with Crippen LogP contribution in [0.25, 0.3) is 5.70 Å². The van der Waals surface area contributed by atoms with Crippen LogP contribution in [-0.2, 0) is 5.66 Å². The second kappa shape index (κ2) is 7.41. The number of nitrogens with zero attached hydrogens (tertiary/aromatic N) is 1. The standard InChI is InChI=1S/C26H26N2O/c1-29-24-14-12-20(13-15-24)22-18-25(21-8-4-2-5-9-21)28-17-16-27-26(28,19-22)23-10-6-3-7-11-23/h2-15,18,22,27H,16-17,19H2,1H3. The molecule has 2 heterocycles. The molecule has 1 saturated heterocycles. The Hall–Kier alpha value is -3.04. The molecular weight excluding hydrogens is 356 g/mol. The molecule has 0 bridgehead atoms. The molecule has 2 aliphatic heterocycles. The van der Waals surface area contributed by atoms with Gasteiger partial charge >= 0.3 is 0 Å². The zero-order valence-corrected chi connectivity index (χ0v) is 16.7. The van der Waals surface area contributed by atoms with Crippen LogP contribution in [0.5, 0.6) is 5.75 Å². The third kappa shape index (κ3) is 3.12. The van der Waals surface area contributed by atoms with Crippen LogP contribution >= 0.6 is 0 Å². The third-order valence-electron chi connectivity index (χ3n) is 6.24. The lowest BCUT2D eigenvalue weighted by atomic mass is 9.79. The van der Waals surface area contributed by atoms with Gasteiger partial charge < -0.3 is 9.64 Å². The molecular formula is C26H26N2O. The second-order valence-corrected chi connectivity index (χ2v) is 7.81. The first kappa shape index (κ1) is 18.0. The number of benzene rings is 3. The summed E-state index contributed by atoms with van der Waals surface area (Å²) in [5.41, 5.74) is 5.05. The normalized spacial score (nSPS) is 23.4. The summed E-state index contributed by atoms with van der Waals surface area (Å²) in [6.45, 7) is 1.99. The van der Waals surface area contributed by atoms with E-state index >= 15 is 0 Å². The minimum absolute atomic E-state index is 0.189. The number of nitrogens with one attached hydrogen (secondary N) is 1. The van der Waals surface area contributed by atoms with Crippen LogP contribution in [0.15, 0.2) is 91.0 Å². The van der Waals surface area contributed by atoms with Crippen molar-refractivity contribution in [3.63, 3.8) is 0 Å². The summed E-state index contributed by atoms with van der Waals surface area (Å²) in [4.78, 5) is 2.57. The van der Waals surface area contributed by atoms with Gasteiger partial charge in [0.25, 0.3) is 0 Å². The van der Waals surface area contributed by atoms with E-state index in [4.69, 9.17) is 4.74 Å². The second-order valence-electron chi connectivity index (χ2n) is 7.81. The Bertz CT molecular complexity index is 998. The molecule has 1 fully saturated rings. The summed E-state index contributed by atoms with van der Waals surface area (Å²) >= 11 is 0. The van der Waals surface area contributed by atoms with Gasteiger partial charge in [-0.25, -0.2) is 0 Å². The lowest BCUT2D eigenvalue weighted by Crippen LogP contribution is -2.50. The van der Waals surface area contributed by atoms with Gasteiger partial charge in [-0.15, -0.1) is 0 Å². The molecule has 0 aromatic heterocycles. The molecule has 0 spiro atoms. The van der Waals surface area contributed by atoms with Crippen LogP contribution in [0.2, 0.25) is 0 Å². The lowest BCUT2D eigenvalue weighted by molar-refractivity contribution is 0.156. The molecule has 5 rings (SSSR count). The van der Waals surface area contributed by atoms with E-state index < -0.39 is 0 Å². The van der Waals surface area contributed by atoms with Crippen molar-refractivity contribution >= 4 is 5.70 Å². The molecule has 2 atom stereocenters. The van der Waals surface area contributed by atoms with Gasteiger partial charge in [0.2, 0.25) is 0 Å². The molecule has 3 aromatic rings. The Morgan fingerprint density at radius 2 is 1.59 bits per heavy atom. The first-order valence-electron chi connectivity index (χ1n) is 10.3. The smallest absolute Gasteiger partial charge is 0.118 e. The zero-order valence-electron chi connectivity index (χ0n) is 16.7. The average molecular weight is 383 g/mol. The minimum atomic E-state index is -0.189. The molecule has 29 heavy (non-hydrogen) atoms. The molecule has 0 radical (unpaired) electrons. The van der Waals surface area contributed by atoms with Crippen molar-refractivity contribution in [3.05, 3.63) is 108 Å². The molecule has 0 saturated carbocycles. The largest absolute Gasteiger partial charge is 0.497 e. The summed E-state index contributed by atoms with van der Waals surface area (Å²) < 4.78 is 5.37. The highest BCUT2D eigenvalue weighted by molar-refractivity contribution is 5.68. The molecule has 1 N–H and O–H groups in total. The maximum atomic E-state index is 5.37. The SMILES string of the molecule is COc1ccc(C2C=C(c3ccccc3)N3CCNC3(c3ccccc3)C2)cc1. The Kier molecular flexibility index (Phi) is 4.61. The van der Waals surface area contributed by atoms with Crippen LogP contribution in [0.4, 0.5) is 0 Å². The number of ether oxygens (including phenoxy) is 1. The highest BCUT2D eigenvalue weighted by Gasteiger charge is 2.47. The van der Waals surface area contributed by atoms with Crippen LogP contribution < -0.4 is 10.1 Å². The van der Waals surface area contributed by atoms with Gasteiger partial charge in [-0.1, -0.05) is 78.9 Å². The van der Waals surface area contributed by atoms with E-state index in [0.29, 0.717) is 5.92 Å². The van der Waals surface area contributed by atoms with E-state index in [-0.39, 0.29) is 5.66 Å². The van der Waals surface area contributed by atoms with Crippen molar-refractivity contribution < 1.29 is 4.74 Å².